The molecule has 2 aromatic carbocycles. The van der Waals surface area contributed by atoms with Gasteiger partial charge in [-0.2, -0.15) is 0 Å². The highest BCUT2D eigenvalue weighted by Gasteiger charge is 2.29. The molecule has 0 saturated heterocycles. The average Bonchev–Trinajstić information content (AvgIpc) is 2.51. The molecule has 0 aliphatic rings. The van der Waals surface area contributed by atoms with Crippen molar-refractivity contribution in [1.82, 2.24) is 5.32 Å². The number of ether oxygens (including phenoxy) is 1. The number of nitrogens with one attached hydrogen (secondary N) is 1. The van der Waals surface area contributed by atoms with Crippen molar-refractivity contribution in [3.05, 3.63) is 48.0 Å². The van der Waals surface area contributed by atoms with Gasteiger partial charge in [-0.15, -0.1) is 0 Å². The molecule has 110 valence electrons. The summed E-state index contributed by atoms with van der Waals surface area (Å²) in [7, 11) is 0. The third-order valence-corrected chi connectivity index (χ3v) is 3.22. The van der Waals surface area contributed by atoms with Gasteiger partial charge in [0.2, 0.25) is 6.41 Å². The Morgan fingerprint density at radius 1 is 1.29 bits per heavy atom. The maximum Gasteiger partial charge on any atom is 0.331 e. The number of hydrogen-bond acceptors (Lipinski definition) is 4. The van der Waals surface area contributed by atoms with E-state index in [2.05, 4.69) is 5.32 Å². The molecule has 0 heterocycles. The van der Waals surface area contributed by atoms with Gasteiger partial charge in [0.1, 0.15) is 6.10 Å². The van der Waals surface area contributed by atoms with Crippen molar-refractivity contribution in [3.63, 3.8) is 0 Å². The average molecular weight is 287 g/mol. The van der Waals surface area contributed by atoms with Gasteiger partial charge in [0.25, 0.3) is 0 Å². The lowest BCUT2D eigenvalue weighted by Gasteiger charge is -2.21. The van der Waals surface area contributed by atoms with Crippen molar-refractivity contribution in [2.75, 3.05) is 6.61 Å². The topological polar surface area (TPSA) is 75.6 Å². The molecule has 0 aliphatic carbocycles. The second kappa shape index (κ2) is 6.85. The summed E-state index contributed by atoms with van der Waals surface area (Å²) in [6.07, 6.45) is -0.787. The first kappa shape index (κ1) is 15.0. The number of carbonyl (C=O) groups excluding carboxylic acids is 2. The van der Waals surface area contributed by atoms with Gasteiger partial charge in [-0.3, -0.25) is 4.79 Å². The minimum atomic E-state index is -1.17. The summed E-state index contributed by atoms with van der Waals surface area (Å²) in [5.74, 6) is -0.662. The van der Waals surface area contributed by atoms with E-state index in [-0.39, 0.29) is 6.61 Å². The van der Waals surface area contributed by atoms with Gasteiger partial charge in [-0.05, 0) is 29.3 Å². The van der Waals surface area contributed by atoms with Crippen LogP contribution in [0.25, 0.3) is 10.8 Å². The molecule has 0 spiro atoms. The number of aliphatic hydroxyl groups is 1. The molecule has 1 amide bonds. The first-order valence-corrected chi connectivity index (χ1v) is 6.70. The molecule has 0 aromatic heterocycles. The van der Waals surface area contributed by atoms with Crippen LogP contribution in [0.3, 0.4) is 0 Å². The van der Waals surface area contributed by atoms with Crippen LogP contribution in [-0.2, 0) is 14.3 Å². The SMILES string of the molecule is CCOC(=O)C(NC=O)C(O)c1ccc2ccccc2c1. The van der Waals surface area contributed by atoms with Gasteiger partial charge in [0.15, 0.2) is 6.04 Å². The third-order valence-electron chi connectivity index (χ3n) is 3.22. The summed E-state index contributed by atoms with van der Waals surface area (Å²) < 4.78 is 4.87. The summed E-state index contributed by atoms with van der Waals surface area (Å²) >= 11 is 0. The fourth-order valence-corrected chi connectivity index (χ4v) is 2.18. The van der Waals surface area contributed by atoms with Crippen molar-refractivity contribution >= 4 is 23.2 Å². The number of rotatable bonds is 6. The summed E-state index contributed by atoms with van der Waals surface area (Å²) in [6, 6.07) is 11.9. The second-order valence-electron chi connectivity index (χ2n) is 4.57. The van der Waals surface area contributed by atoms with Crippen molar-refractivity contribution in [2.24, 2.45) is 0 Å². The van der Waals surface area contributed by atoms with Crippen LogP contribution < -0.4 is 5.32 Å². The van der Waals surface area contributed by atoms with Crippen LogP contribution in [0.2, 0.25) is 0 Å². The minimum Gasteiger partial charge on any atom is -0.464 e. The van der Waals surface area contributed by atoms with Gasteiger partial charge >= 0.3 is 5.97 Å². The molecule has 5 heteroatoms. The van der Waals surface area contributed by atoms with Gasteiger partial charge in [-0.25, -0.2) is 4.79 Å². The first-order chi connectivity index (χ1) is 10.2. The van der Waals surface area contributed by atoms with E-state index < -0.39 is 18.1 Å². The van der Waals surface area contributed by atoms with E-state index in [4.69, 9.17) is 4.74 Å². The standard InChI is InChI=1S/C16H17NO4/c1-2-21-16(20)14(17-10-18)15(19)13-8-7-11-5-3-4-6-12(11)9-13/h3-10,14-15,19H,2H2,1H3,(H,17,18). The van der Waals surface area contributed by atoms with Crippen LogP contribution >= 0.6 is 0 Å². The van der Waals surface area contributed by atoms with E-state index in [1.54, 1.807) is 19.1 Å². The molecular weight excluding hydrogens is 270 g/mol. The Kier molecular flexibility index (Phi) is 4.90. The largest absolute Gasteiger partial charge is 0.464 e. The minimum absolute atomic E-state index is 0.181. The number of esters is 1. The lowest BCUT2D eigenvalue weighted by atomic mass is 9.99. The van der Waals surface area contributed by atoms with Crippen molar-refractivity contribution in [1.29, 1.82) is 0 Å². The molecule has 0 aliphatic heterocycles. The van der Waals surface area contributed by atoms with E-state index in [1.165, 1.54) is 0 Å². The molecule has 2 rings (SSSR count). The molecule has 2 N–H and O–H groups in total. The molecule has 0 bridgehead atoms. The smallest absolute Gasteiger partial charge is 0.331 e. The van der Waals surface area contributed by atoms with Crippen LogP contribution in [0.1, 0.15) is 18.6 Å². The summed E-state index contributed by atoms with van der Waals surface area (Å²) in [5.41, 5.74) is 0.543. The zero-order chi connectivity index (χ0) is 15.2. The molecule has 0 radical (unpaired) electrons. The molecule has 2 aromatic rings. The van der Waals surface area contributed by atoms with Gasteiger partial charge in [0, 0.05) is 0 Å². The Balaban J connectivity index is 2.30. The zero-order valence-electron chi connectivity index (χ0n) is 11.7. The quantitative estimate of drug-likeness (QED) is 0.624. The molecular formula is C16H17NO4. The molecule has 21 heavy (non-hydrogen) atoms. The Morgan fingerprint density at radius 2 is 2.00 bits per heavy atom. The van der Waals surface area contributed by atoms with Crippen LogP contribution in [0.4, 0.5) is 0 Å². The number of benzene rings is 2. The van der Waals surface area contributed by atoms with Gasteiger partial charge in [0.05, 0.1) is 6.61 Å². The molecule has 2 unspecified atom stereocenters. The predicted molar refractivity (Wildman–Crippen MR) is 78.5 cm³/mol. The normalized spacial score (nSPS) is 13.4. The molecule has 0 fully saturated rings. The Morgan fingerprint density at radius 3 is 2.67 bits per heavy atom. The fourth-order valence-electron chi connectivity index (χ4n) is 2.18. The predicted octanol–water partition coefficient (Wildman–Crippen LogP) is 1.55. The van der Waals surface area contributed by atoms with Crippen molar-refractivity contribution in [3.8, 4) is 0 Å². The highest BCUT2D eigenvalue weighted by Crippen LogP contribution is 2.23. The van der Waals surface area contributed by atoms with E-state index in [0.29, 0.717) is 12.0 Å². The Labute approximate surface area is 122 Å². The Hall–Kier alpha value is -2.40. The number of amides is 1. The van der Waals surface area contributed by atoms with Crippen molar-refractivity contribution in [2.45, 2.75) is 19.1 Å². The highest BCUT2D eigenvalue weighted by atomic mass is 16.5. The van der Waals surface area contributed by atoms with E-state index in [1.807, 2.05) is 30.3 Å². The monoisotopic (exact) mass is 287 g/mol. The molecule has 5 nitrogen and oxygen atoms in total. The Bertz CT molecular complexity index is 641. The second-order valence-corrected chi connectivity index (χ2v) is 4.57. The molecule has 2 atom stereocenters. The van der Waals surface area contributed by atoms with E-state index in [9.17, 15) is 14.7 Å². The number of carbonyl (C=O) groups is 2. The lowest BCUT2D eigenvalue weighted by molar-refractivity contribution is -0.149. The van der Waals surface area contributed by atoms with Crippen LogP contribution in [-0.4, -0.2) is 30.1 Å². The highest BCUT2D eigenvalue weighted by molar-refractivity contribution is 5.84. The summed E-state index contributed by atoms with van der Waals surface area (Å²) in [4.78, 5) is 22.5. The fraction of sp³-hybridized carbons (Fsp3) is 0.250. The summed E-state index contributed by atoms with van der Waals surface area (Å²) in [5, 5.41) is 14.6. The van der Waals surface area contributed by atoms with Gasteiger partial charge in [-0.1, -0.05) is 36.4 Å². The maximum atomic E-state index is 11.8. The van der Waals surface area contributed by atoms with E-state index in [0.717, 1.165) is 10.8 Å². The first-order valence-electron chi connectivity index (χ1n) is 6.70. The maximum absolute atomic E-state index is 11.8. The van der Waals surface area contributed by atoms with E-state index >= 15 is 0 Å². The lowest BCUT2D eigenvalue weighted by Crippen LogP contribution is -2.42. The van der Waals surface area contributed by atoms with Crippen LogP contribution in [0.5, 0.6) is 0 Å². The third kappa shape index (κ3) is 3.38. The summed E-state index contributed by atoms with van der Waals surface area (Å²) in [6.45, 7) is 1.85. The van der Waals surface area contributed by atoms with Crippen LogP contribution in [0.15, 0.2) is 42.5 Å². The van der Waals surface area contributed by atoms with Gasteiger partial charge < -0.3 is 15.2 Å². The molecule has 0 saturated carbocycles. The van der Waals surface area contributed by atoms with Crippen LogP contribution in [0, 0.1) is 0 Å². The number of aliphatic hydroxyl groups excluding tert-OH is 1. The number of fused-ring (bicyclic) bond motifs is 1. The number of hydrogen-bond donors (Lipinski definition) is 2. The van der Waals surface area contributed by atoms with Crippen molar-refractivity contribution < 1.29 is 19.4 Å². The zero-order valence-corrected chi connectivity index (χ0v) is 11.7.